The SMILES string of the molecule is Cn1ccc(C(=O)NCc2cc(Cl)c3c(c2)OCCCO3)cc1=O. The molecule has 3 rings (SSSR count). The first-order chi connectivity index (χ1) is 11.5. The van der Waals surface area contributed by atoms with Crippen LogP contribution in [-0.2, 0) is 13.6 Å². The van der Waals surface area contributed by atoms with Crippen molar-refractivity contribution in [3.8, 4) is 11.5 Å². The number of ether oxygens (including phenoxy) is 2. The van der Waals surface area contributed by atoms with Crippen molar-refractivity contribution < 1.29 is 14.3 Å². The molecule has 1 aromatic heterocycles. The van der Waals surface area contributed by atoms with E-state index >= 15 is 0 Å². The lowest BCUT2D eigenvalue weighted by Gasteiger charge is -2.12. The molecule has 1 N–H and O–H groups in total. The summed E-state index contributed by atoms with van der Waals surface area (Å²) in [5.74, 6) is 0.796. The number of amides is 1. The molecule has 24 heavy (non-hydrogen) atoms. The Morgan fingerprint density at radius 3 is 2.88 bits per heavy atom. The van der Waals surface area contributed by atoms with Gasteiger partial charge < -0.3 is 19.4 Å². The average Bonchev–Trinajstić information content (AvgIpc) is 2.81. The van der Waals surface area contributed by atoms with Gasteiger partial charge in [-0.3, -0.25) is 9.59 Å². The number of nitrogens with zero attached hydrogens (tertiary/aromatic N) is 1. The van der Waals surface area contributed by atoms with Crippen LogP contribution in [-0.4, -0.2) is 23.7 Å². The number of aryl methyl sites for hydroxylation is 1. The number of rotatable bonds is 3. The smallest absolute Gasteiger partial charge is 0.251 e. The van der Waals surface area contributed by atoms with Crippen molar-refractivity contribution in [3.63, 3.8) is 0 Å². The minimum Gasteiger partial charge on any atom is -0.489 e. The number of hydrogen-bond donors (Lipinski definition) is 1. The van der Waals surface area contributed by atoms with E-state index in [1.807, 2.05) is 0 Å². The molecule has 0 spiro atoms. The summed E-state index contributed by atoms with van der Waals surface area (Å²) in [6.45, 7) is 1.39. The van der Waals surface area contributed by atoms with E-state index in [0.29, 0.717) is 35.3 Å². The lowest BCUT2D eigenvalue weighted by Crippen LogP contribution is -2.25. The van der Waals surface area contributed by atoms with Gasteiger partial charge in [-0.05, 0) is 23.8 Å². The van der Waals surface area contributed by atoms with Crippen LogP contribution in [0.15, 0.2) is 35.3 Å². The van der Waals surface area contributed by atoms with Gasteiger partial charge in [0.25, 0.3) is 11.5 Å². The van der Waals surface area contributed by atoms with Gasteiger partial charge in [-0.1, -0.05) is 11.6 Å². The first kappa shape index (κ1) is 16.4. The molecule has 7 heteroatoms. The first-order valence-electron chi connectivity index (χ1n) is 7.57. The molecule has 0 fully saturated rings. The quantitative estimate of drug-likeness (QED) is 0.922. The maximum atomic E-state index is 12.2. The van der Waals surface area contributed by atoms with Crippen molar-refractivity contribution >= 4 is 17.5 Å². The van der Waals surface area contributed by atoms with E-state index in [1.54, 1.807) is 31.4 Å². The monoisotopic (exact) mass is 348 g/mol. The van der Waals surface area contributed by atoms with E-state index in [1.165, 1.54) is 10.6 Å². The number of nitrogens with one attached hydrogen (secondary N) is 1. The van der Waals surface area contributed by atoms with E-state index in [4.69, 9.17) is 21.1 Å². The van der Waals surface area contributed by atoms with Gasteiger partial charge >= 0.3 is 0 Å². The molecule has 1 aliphatic heterocycles. The van der Waals surface area contributed by atoms with Gasteiger partial charge in [0.1, 0.15) is 0 Å². The van der Waals surface area contributed by atoms with Crippen LogP contribution < -0.4 is 20.3 Å². The number of halogens is 1. The fraction of sp³-hybridized carbons (Fsp3) is 0.294. The van der Waals surface area contributed by atoms with Crippen molar-refractivity contribution in [1.82, 2.24) is 9.88 Å². The zero-order valence-electron chi connectivity index (χ0n) is 13.2. The largest absolute Gasteiger partial charge is 0.489 e. The molecule has 0 atom stereocenters. The Morgan fingerprint density at radius 2 is 2.08 bits per heavy atom. The lowest BCUT2D eigenvalue weighted by molar-refractivity contribution is 0.0950. The lowest BCUT2D eigenvalue weighted by atomic mass is 10.2. The molecule has 1 aliphatic rings. The van der Waals surface area contributed by atoms with Crippen LogP contribution in [0, 0.1) is 0 Å². The summed E-state index contributed by atoms with van der Waals surface area (Å²) >= 11 is 6.23. The second kappa shape index (κ2) is 6.97. The van der Waals surface area contributed by atoms with Gasteiger partial charge in [-0.15, -0.1) is 0 Å². The van der Waals surface area contributed by atoms with E-state index in [0.717, 1.165) is 12.0 Å². The summed E-state index contributed by atoms with van der Waals surface area (Å²) in [7, 11) is 1.63. The Hall–Kier alpha value is -2.47. The van der Waals surface area contributed by atoms with E-state index in [-0.39, 0.29) is 18.0 Å². The molecule has 0 radical (unpaired) electrons. The molecular formula is C17H17ClN2O4. The Morgan fingerprint density at radius 1 is 1.29 bits per heavy atom. The van der Waals surface area contributed by atoms with Gasteiger partial charge in [0.05, 0.1) is 18.2 Å². The zero-order chi connectivity index (χ0) is 17.1. The third kappa shape index (κ3) is 3.54. The number of carbonyl (C=O) groups is 1. The van der Waals surface area contributed by atoms with Crippen molar-refractivity contribution in [1.29, 1.82) is 0 Å². The van der Waals surface area contributed by atoms with E-state index < -0.39 is 0 Å². The van der Waals surface area contributed by atoms with Crippen LogP contribution in [0.25, 0.3) is 0 Å². The van der Waals surface area contributed by atoms with Gasteiger partial charge in [0.15, 0.2) is 11.5 Å². The van der Waals surface area contributed by atoms with Gasteiger partial charge in [0, 0.05) is 37.8 Å². The Bertz CT molecular complexity index is 832. The summed E-state index contributed by atoms with van der Waals surface area (Å²) in [5.41, 5.74) is 0.876. The normalized spacial score (nSPS) is 13.2. The molecule has 6 nitrogen and oxygen atoms in total. The molecule has 0 saturated carbocycles. The molecule has 0 bridgehead atoms. The predicted molar refractivity (Wildman–Crippen MR) is 89.9 cm³/mol. The highest BCUT2D eigenvalue weighted by atomic mass is 35.5. The van der Waals surface area contributed by atoms with Gasteiger partial charge in [-0.25, -0.2) is 0 Å². The van der Waals surface area contributed by atoms with Crippen LogP contribution in [0.3, 0.4) is 0 Å². The maximum absolute atomic E-state index is 12.2. The summed E-state index contributed by atoms with van der Waals surface area (Å²) in [5, 5.41) is 3.22. The van der Waals surface area contributed by atoms with Crippen LogP contribution in [0.1, 0.15) is 22.3 Å². The minimum atomic E-state index is -0.323. The van der Waals surface area contributed by atoms with E-state index in [2.05, 4.69) is 5.32 Å². The summed E-state index contributed by atoms with van der Waals surface area (Å²) in [6.07, 6.45) is 2.35. The fourth-order valence-electron chi connectivity index (χ4n) is 2.36. The molecule has 0 aliphatic carbocycles. The standard InChI is InChI=1S/C17H17ClN2O4/c1-20-4-3-12(9-15(20)21)17(22)19-10-11-7-13(18)16-14(8-11)23-5-2-6-24-16/h3-4,7-9H,2,5-6,10H2,1H3,(H,19,22). The fourth-order valence-corrected chi connectivity index (χ4v) is 2.65. The van der Waals surface area contributed by atoms with Gasteiger partial charge in [0.2, 0.25) is 0 Å². The van der Waals surface area contributed by atoms with Gasteiger partial charge in [-0.2, -0.15) is 0 Å². The predicted octanol–water partition coefficient (Wildman–Crippen LogP) is 2.13. The summed E-state index contributed by atoms with van der Waals surface area (Å²) < 4.78 is 12.6. The van der Waals surface area contributed by atoms with Crippen LogP contribution in [0.4, 0.5) is 0 Å². The molecule has 1 aromatic carbocycles. The Labute approximate surface area is 144 Å². The highest BCUT2D eigenvalue weighted by Crippen LogP contribution is 2.37. The second-order valence-electron chi connectivity index (χ2n) is 5.50. The third-order valence-electron chi connectivity index (χ3n) is 3.68. The number of pyridine rings is 1. The molecule has 2 aromatic rings. The Kier molecular flexibility index (Phi) is 4.76. The summed E-state index contributed by atoms with van der Waals surface area (Å²) in [6, 6.07) is 6.43. The topological polar surface area (TPSA) is 69.6 Å². The number of benzene rings is 1. The van der Waals surface area contributed by atoms with Crippen LogP contribution in [0.5, 0.6) is 11.5 Å². The molecule has 1 amide bonds. The van der Waals surface area contributed by atoms with Crippen LogP contribution >= 0.6 is 11.6 Å². The second-order valence-corrected chi connectivity index (χ2v) is 5.91. The summed E-state index contributed by atoms with van der Waals surface area (Å²) in [4.78, 5) is 23.8. The number of aromatic nitrogens is 1. The molecule has 2 heterocycles. The molecular weight excluding hydrogens is 332 g/mol. The van der Waals surface area contributed by atoms with Crippen LogP contribution in [0.2, 0.25) is 5.02 Å². The minimum absolute atomic E-state index is 0.235. The molecule has 0 saturated heterocycles. The van der Waals surface area contributed by atoms with Crippen molar-refractivity contribution in [3.05, 3.63) is 57.0 Å². The number of carbonyl (C=O) groups excluding carboxylic acids is 1. The van der Waals surface area contributed by atoms with Crippen molar-refractivity contribution in [2.24, 2.45) is 7.05 Å². The number of fused-ring (bicyclic) bond motifs is 1. The average molecular weight is 349 g/mol. The van der Waals surface area contributed by atoms with Crippen molar-refractivity contribution in [2.75, 3.05) is 13.2 Å². The van der Waals surface area contributed by atoms with E-state index in [9.17, 15) is 9.59 Å². The molecule has 126 valence electrons. The highest BCUT2D eigenvalue weighted by molar-refractivity contribution is 6.32. The highest BCUT2D eigenvalue weighted by Gasteiger charge is 2.16. The molecule has 0 unspecified atom stereocenters. The zero-order valence-corrected chi connectivity index (χ0v) is 13.9. The Balaban J connectivity index is 1.73. The number of hydrogen-bond acceptors (Lipinski definition) is 4. The first-order valence-corrected chi connectivity index (χ1v) is 7.95. The third-order valence-corrected chi connectivity index (χ3v) is 3.96. The maximum Gasteiger partial charge on any atom is 0.251 e. The van der Waals surface area contributed by atoms with Crippen molar-refractivity contribution in [2.45, 2.75) is 13.0 Å².